The summed E-state index contributed by atoms with van der Waals surface area (Å²) in [5.74, 6) is -1.70. The molecule has 0 radical (unpaired) electrons. The molecule has 1 aromatic carbocycles. The zero-order chi connectivity index (χ0) is 13.5. The SMILES string of the molecule is Cc1ccc(N2C(=O)CC(C(=O)O)C2(C)C)cc1. The second-order valence-corrected chi connectivity index (χ2v) is 5.31. The van der Waals surface area contributed by atoms with E-state index in [2.05, 4.69) is 0 Å². The van der Waals surface area contributed by atoms with Gasteiger partial charge in [0.05, 0.1) is 11.5 Å². The number of nitrogens with zero attached hydrogens (tertiary/aromatic N) is 1. The topological polar surface area (TPSA) is 57.6 Å². The van der Waals surface area contributed by atoms with Crippen LogP contribution in [0.4, 0.5) is 5.69 Å². The normalized spacial score (nSPS) is 22.3. The monoisotopic (exact) mass is 247 g/mol. The van der Waals surface area contributed by atoms with Crippen LogP contribution in [-0.4, -0.2) is 22.5 Å². The largest absolute Gasteiger partial charge is 0.481 e. The number of carboxylic acids is 1. The molecule has 1 aliphatic heterocycles. The average molecular weight is 247 g/mol. The summed E-state index contributed by atoms with van der Waals surface area (Å²) in [4.78, 5) is 24.9. The third-order valence-corrected chi connectivity index (χ3v) is 3.65. The van der Waals surface area contributed by atoms with Crippen molar-refractivity contribution in [3.8, 4) is 0 Å². The molecule has 0 bridgehead atoms. The molecule has 0 spiro atoms. The number of carbonyl (C=O) groups excluding carboxylic acids is 1. The highest BCUT2D eigenvalue weighted by molar-refractivity contribution is 6.01. The molecule has 18 heavy (non-hydrogen) atoms. The zero-order valence-electron chi connectivity index (χ0n) is 10.8. The minimum Gasteiger partial charge on any atom is -0.481 e. The summed E-state index contributed by atoms with van der Waals surface area (Å²) < 4.78 is 0. The fourth-order valence-electron chi connectivity index (χ4n) is 2.55. The first-order chi connectivity index (χ1) is 8.34. The number of aliphatic carboxylic acids is 1. The van der Waals surface area contributed by atoms with E-state index < -0.39 is 17.4 Å². The van der Waals surface area contributed by atoms with E-state index >= 15 is 0 Å². The minimum atomic E-state index is -0.914. The van der Waals surface area contributed by atoms with Gasteiger partial charge in [0.2, 0.25) is 5.91 Å². The van der Waals surface area contributed by atoms with Gasteiger partial charge in [-0.3, -0.25) is 9.59 Å². The fourth-order valence-corrected chi connectivity index (χ4v) is 2.55. The molecule has 1 N–H and O–H groups in total. The highest BCUT2D eigenvalue weighted by Gasteiger charge is 2.50. The van der Waals surface area contributed by atoms with Crippen molar-refractivity contribution in [1.29, 1.82) is 0 Å². The Kier molecular flexibility index (Phi) is 2.89. The van der Waals surface area contributed by atoms with Crippen molar-refractivity contribution in [3.05, 3.63) is 29.8 Å². The van der Waals surface area contributed by atoms with Crippen molar-refractivity contribution < 1.29 is 14.7 Å². The smallest absolute Gasteiger partial charge is 0.309 e. The first kappa shape index (κ1) is 12.6. The van der Waals surface area contributed by atoms with Crippen LogP contribution in [0.3, 0.4) is 0 Å². The molecule has 1 atom stereocenters. The molecule has 4 heteroatoms. The van der Waals surface area contributed by atoms with Crippen LogP contribution in [0, 0.1) is 12.8 Å². The van der Waals surface area contributed by atoms with Gasteiger partial charge in [-0.2, -0.15) is 0 Å². The number of hydrogen-bond acceptors (Lipinski definition) is 2. The van der Waals surface area contributed by atoms with Crippen LogP contribution in [0.1, 0.15) is 25.8 Å². The molecule has 1 unspecified atom stereocenters. The molecule has 1 fully saturated rings. The Labute approximate surface area is 106 Å². The molecule has 0 aliphatic carbocycles. The van der Waals surface area contributed by atoms with Crippen LogP contribution in [0.15, 0.2) is 24.3 Å². The molecule has 1 aromatic rings. The molecular weight excluding hydrogens is 230 g/mol. The number of amides is 1. The predicted molar refractivity (Wildman–Crippen MR) is 68.5 cm³/mol. The molecule has 1 saturated heterocycles. The molecule has 4 nitrogen and oxygen atoms in total. The van der Waals surface area contributed by atoms with Crippen LogP contribution < -0.4 is 4.90 Å². The number of rotatable bonds is 2. The molecule has 1 aliphatic rings. The summed E-state index contributed by atoms with van der Waals surface area (Å²) in [7, 11) is 0. The Morgan fingerprint density at radius 3 is 2.33 bits per heavy atom. The summed E-state index contributed by atoms with van der Waals surface area (Å²) >= 11 is 0. The number of hydrogen-bond donors (Lipinski definition) is 1. The van der Waals surface area contributed by atoms with Crippen molar-refractivity contribution in [1.82, 2.24) is 0 Å². The fraction of sp³-hybridized carbons (Fsp3) is 0.429. The Morgan fingerprint density at radius 1 is 1.33 bits per heavy atom. The van der Waals surface area contributed by atoms with Crippen molar-refractivity contribution in [2.75, 3.05) is 4.90 Å². The Hall–Kier alpha value is -1.84. The van der Waals surface area contributed by atoms with E-state index in [0.29, 0.717) is 0 Å². The van der Waals surface area contributed by atoms with Crippen molar-refractivity contribution >= 4 is 17.6 Å². The summed E-state index contributed by atoms with van der Waals surface area (Å²) in [5.41, 5.74) is 1.18. The number of aryl methyl sites for hydroxylation is 1. The average Bonchev–Trinajstić information content (AvgIpc) is 2.51. The number of anilines is 1. The Morgan fingerprint density at radius 2 is 1.89 bits per heavy atom. The summed E-state index contributed by atoms with van der Waals surface area (Å²) in [6.45, 7) is 5.58. The van der Waals surface area contributed by atoms with E-state index in [9.17, 15) is 14.7 Å². The highest BCUT2D eigenvalue weighted by atomic mass is 16.4. The summed E-state index contributed by atoms with van der Waals surface area (Å²) in [6.07, 6.45) is 0.0657. The molecule has 2 rings (SSSR count). The van der Waals surface area contributed by atoms with Crippen LogP contribution >= 0.6 is 0 Å². The molecule has 0 aromatic heterocycles. The molecule has 1 heterocycles. The van der Waals surface area contributed by atoms with Gasteiger partial charge in [-0.05, 0) is 32.9 Å². The summed E-state index contributed by atoms with van der Waals surface area (Å²) in [6, 6.07) is 7.57. The van der Waals surface area contributed by atoms with Gasteiger partial charge in [-0.25, -0.2) is 0 Å². The van der Waals surface area contributed by atoms with Crippen LogP contribution in [0.2, 0.25) is 0 Å². The first-order valence-electron chi connectivity index (χ1n) is 5.96. The molecule has 0 saturated carbocycles. The first-order valence-corrected chi connectivity index (χ1v) is 5.96. The van der Waals surface area contributed by atoms with Gasteiger partial charge >= 0.3 is 5.97 Å². The van der Waals surface area contributed by atoms with Gasteiger partial charge in [-0.1, -0.05) is 17.7 Å². The second-order valence-electron chi connectivity index (χ2n) is 5.31. The highest BCUT2D eigenvalue weighted by Crippen LogP contribution is 2.39. The van der Waals surface area contributed by atoms with E-state index in [1.54, 1.807) is 18.7 Å². The Bertz CT molecular complexity index is 490. The maximum absolute atomic E-state index is 12.1. The lowest BCUT2D eigenvalue weighted by Crippen LogP contribution is -2.46. The van der Waals surface area contributed by atoms with Gasteiger partial charge in [0.1, 0.15) is 0 Å². The van der Waals surface area contributed by atoms with E-state index in [1.165, 1.54) is 0 Å². The van der Waals surface area contributed by atoms with E-state index in [4.69, 9.17) is 0 Å². The molecule has 1 amide bonds. The lowest BCUT2D eigenvalue weighted by molar-refractivity contribution is -0.143. The second kappa shape index (κ2) is 4.12. The van der Waals surface area contributed by atoms with E-state index in [-0.39, 0.29) is 12.3 Å². The zero-order valence-corrected chi connectivity index (χ0v) is 10.8. The minimum absolute atomic E-state index is 0.0657. The lowest BCUT2D eigenvalue weighted by atomic mass is 9.88. The van der Waals surface area contributed by atoms with Crippen molar-refractivity contribution in [3.63, 3.8) is 0 Å². The maximum Gasteiger partial charge on any atom is 0.309 e. The van der Waals surface area contributed by atoms with Gasteiger partial charge in [0, 0.05) is 12.1 Å². The third kappa shape index (κ3) is 1.88. The lowest BCUT2D eigenvalue weighted by Gasteiger charge is -2.34. The molecular formula is C14H17NO3. The van der Waals surface area contributed by atoms with Gasteiger partial charge in [-0.15, -0.1) is 0 Å². The molecule has 96 valence electrons. The maximum atomic E-state index is 12.1. The quantitative estimate of drug-likeness (QED) is 0.871. The van der Waals surface area contributed by atoms with Crippen molar-refractivity contribution in [2.24, 2.45) is 5.92 Å². The van der Waals surface area contributed by atoms with Gasteiger partial charge in [0.25, 0.3) is 0 Å². The number of carboxylic acid groups (broad SMARTS) is 1. The van der Waals surface area contributed by atoms with Gasteiger partial charge < -0.3 is 10.0 Å². The van der Waals surface area contributed by atoms with Crippen LogP contribution in [0.25, 0.3) is 0 Å². The van der Waals surface area contributed by atoms with Crippen molar-refractivity contribution in [2.45, 2.75) is 32.7 Å². The van der Waals surface area contributed by atoms with Gasteiger partial charge in [0.15, 0.2) is 0 Å². The standard InChI is InChI=1S/C14H17NO3/c1-9-4-6-10(7-5-9)15-12(16)8-11(13(17)18)14(15,2)3/h4-7,11H,8H2,1-3H3,(H,17,18). The van der Waals surface area contributed by atoms with E-state index in [1.807, 2.05) is 31.2 Å². The number of benzene rings is 1. The number of carbonyl (C=O) groups is 2. The third-order valence-electron chi connectivity index (χ3n) is 3.65. The predicted octanol–water partition coefficient (Wildman–Crippen LogP) is 2.21. The van der Waals surface area contributed by atoms with E-state index in [0.717, 1.165) is 11.3 Å². The van der Waals surface area contributed by atoms with Crippen LogP contribution in [-0.2, 0) is 9.59 Å². The summed E-state index contributed by atoms with van der Waals surface area (Å²) in [5, 5.41) is 9.20. The van der Waals surface area contributed by atoms with Crippen LogP contribution in [0.5, 0.6) is 0 Å². The Balaban J connectivity index is 2.41.